The first-order valence-electron chi connectivity index (χ1n) is 13.3. The number of pyridine rings is 2. The molecule has 0 fully saturated rings. The number of fused-ring (bicyclic) bond motifs is 5. The van der Waals surface area contributed by atoms with E-state index < -0.39 is 17.7 Å². The molecule has 204 valence electrons. The number of carbonyl (C=O) groups excluding carboxylic acids is 2. The summed E-state index contributed by atoms with van der Waals surface area (Å²) >= 11 is 0. The fraction of sp³-hybridized carbons (Fsp3) is 0.290. The normalized spacial score (nSPS) is 17.1. The third kappa shape index (κ3) is 4.14. The Bertz CT molecular complexity index is 1710. The monoisotopic (exact) mass is 539 g/mol. The van der Waals surface area contributed by atoms with Gasteiger partial charge < -0.3 is 24.0 Å². The number of hydrogen-bond acceptors (Lipinski definition) is 7. The largest absolute Gasteiger partial charge is 0.458 e. The van der Waals surface area contributed by atoms with Crippen LogP contribution in [-0.2, 0) is 46.0 Å². The lowest BCUT2D eigenvalue weighted by Gasteiger charge is -2.31. The Hall–Kier alpha value is -4.50. The molecule has 1 unspecified atom stereocenters. The number of ether oxygens (including phenoxy) is 2. The van der Waals surface area contributed by atoms with Crippen LogP contribution in [0.25, 0.3) is 22.3 Å². The van der Waals surface area contributed by atoms with Gasteiger partial charge in [0.05, 0.1) is 29.0 Å². The first-order valence-corrected chi connectivity index (χ1v) is 13.3. The molecule has 1 amide bonds. The third-order valence-corrected chi connectivity index (χ3v) is 7.93. The highest BCUT2D eigenvalue weighted by Gasteiger charge is 2.45. The van der Waals surface area contributed by atoms with Gasteiger partial charge in [-0.15, -0.1) is 0 Å². The number of amides is 1. The molecule has 2 aliphatic heterocycles. The molecule has 0 radical (unpaired) electrons. The van der Waals surface area contributed by atoms with Gasteiger partial charge in [-0.05, 0) is 36.1 Å². The van der Waals surface area contributed by atoms with Crippen LogP contribution >= 0.6 is 0 Å². The molecule has 0 spiro atoms. The number of para-hydroxylation sites is 1. The number of aromatic nitrogens is 2. The maximum Gasteiger partial charge on any atom is 0.409 e. The van der Waals surface area contributed by atoms with Gasteiger partial charge in [0.15, 0.2) is 5.60 Å². The quantitative estimate of drug-likeness (QED) is 0.326. The Morgan fingerprint density at radius 3 is 2.65 bits per heavy atom. The molecule has 2 aromatic carbocycles. The third-order valence-electron chi connectivity index (χ3n) is 7.93. The van der Waals surface area contributed by atoms with Crippen LogP contribution in [0.5, 0.6) is 0 Å². The van der Waals surface area contributed by atoms with Crippen molar-refractivity contribution in [3.05, 3.63) is 98.8 Å². The fourth-order valence-corrected chi connectivity index (χ4v) is 5.60. The summed E-state index contributed by atoms with van der Waals surface area (Å²) in [6.07, 6.45) is 0.178. The van der Waals surface area contributed by atoms with Crippen molar-refractivity contribution in [2.75, 3.05) is 13.6 Å². The van der Waals surface area contributed by atoms with Gasteiger partial charge in [-0.25, -0.2) is 14.6 Å². The number of hydrogen-bond donors (Lipinski definition) is 1. The van der Waals surface area contributed by atoms with Crippen molar-refractivity contribution in [2.45, 2.75) is 45.1 Å². The van der Waals surface area contributed by atoms with Crippen molar-refractivity contribution in [2.24, 2.45) is 0 Å². The molecular weight excluding hydrogens is 510 g/mol. The van der Waals surface area contributed by atoms with E-state index in [1.807, 2.05) is 54.6 Å². The predicted octanol–water partition coefficient (Wildman–Crippen LogP) is 3.89. The highest BCUT2D eigenvalue weighted by molar-refractivity contribution is 5.89. The van der Waals surface area contributed by atoms with E-state index in [9.17, 15) is 19.5 Å². The predicted molar refractivity (Wildman–Crippen MR) is 147 cm³/mol. The Morgan fingerprint density at radius 2 is 1.88 bits per heavy atom. The molecule has 6 rings (SSSR count). The molecule has 1 N–H and O–H groups in total. The summed E-state index contributed by atoms with van der Waals surface area (Å²) in [4.78, 5) is 45.2. The van der Waals surface area contributed by atoms with Gasteiger partial charge in [-0.3, -0.25) is 4.79 Å². The standard InChI is InChI=1S/C31H29N3O6/c1-3-31(38)24-15-26-27-22(16-34(26)28(35)23(24)18-39-29(31)36)20(21-11-7-8-12-25(21)32-27)13-14-33(2)30(37)40-17-19-9-5-4-6-10-19/h4-12,15,38H,3,13-14,16-18H2,1-2H3. The highest BCUT2D eigenvalue weighted by atomic mass is 16.6. The van der Waals surface area contributed by atoms with Crippen molar-refractivity contribution in [3.8, 4) is 11.4 Å². The summed E-state index contributed by atoms with van der Waals surface area (Å²) in [5, 5.41) is 12.1. The molecule has 4 aromatic rings. The summed E-state index contributed by atoms with van der Waals surface area (Å²) in [6.45, 7) is 2.39. The van der Waals surface area contributed by atoms with Crippen LogP contribution in [0.3, 0.4) is 0 Å². The molecule has 0 saturated heterocycles. The molecule has 9 heteroatoms. The molecule has 1 atom stereocenters. The summed E-state index contributed by atoms with van der Waals surface area (Å²) in [6, 6.07) is 19.0. The Kier molecular flexibility index (Phi) is 6.38. The molecule has 4 heterocycles. The molecule has 2 aromatic heterocycles. The van der Waals surface area contributed by atoms with E-state index in [2.05, 4.69) is 0 Å². The zero-order valence-corrected chi connectivity index (χ0v) is 22.3. The smallest absolute Gasteiger partial charge is 0.409 e. The number of likely N-dealkylation sites (N-methyl/N-ethyl adjacent to an activating group) is 1. The summed E-state index contributed by atoms with van der Waals surface area (Å²) in [5.41, 5.74) is 3.13. The molecule has 0 saturated carbocycles. The lowest BCUT2D eigenvalue weighted by atomic mass is 9.86. The van der Waals surface area contributed by atoms with Crippen molar-refractivity contribution >= 4 is 23.0 Å². The zero-order valence-electron chi connectivity index (χ0n) is 22.3. The first kappa shape index (κ1) is 25.8. The van der Waals surface area contributed by atoms with Crippen molar-refractivity contribution in [1.82, 2.24) is 14.5 Å². The Morgan fingerprint density at radius 1 is 1.12 bits per heavy atom. The van der Waals surface area contributed by atoms with Gasteiger partial charge in [-0.1, -0.05) is 55.5 Å². The van der Waals surface area contributed by atoms with Crippen LogP contribution in [0.4, 0.5) is 4.79 Å². The average Bonchev–Trinajstić information content (AvgIpc) is 3.35. The Labute approximate surface area is 230 Å². The molecule has 40 heavy (non-hydrogen) atoms. The average molecular weight is 540 g/mol. The minimum absolute atomic E-state index is 0.0810. The highest BCUT2D eigenvalue weighted by Crippen LogP contribution is 2.40. The summed E-state index contributed by atoms with van der Waals surface area (Å²) in [7, 11) is 1.70. The summed E-state index contributed by atoms with van der Waals surface area (Å²) < 4.78 is 12.3. The van der Waals surface area contributed by atoms with Gasteiger partial charge >= 0.3 is 12.1 Å². The van der Waals surface area contributed by atoms with E-state index in [1.54, 1.807) is 29.5 Å². The van der Waals surface area contributed by atoms with Crippen LogP contribution in [0.1, 0.15) is 41.2 Å². The van der Waals surface area contributed by atoms with E-state index in [0.29, 0.717) is 30.9 Å². The zero-order chi connectivity index (χ0) is 28.0. The van der Waals surface area contributed by atoms with Gasteiger partial charge in [0.2, 0.25) is 0 Å². The molecule has 2 aliphatic rings. The van der Waals surface area contributed by atoms with Crippen LogP contribution in [0, 0.1) is 0 Å². The van der Waals surface area contributed by atoms with Gasteiger partial charge in [0.1, 0.15) is 13.2 Å². The van der Waals surface area contributed by atoms with E-state index in [0.717, 1.165) is 27.6 Å². The number of esters is 1. The fourth-order valence-electron chi connectivity index (χ4n) is 5.60. The maximum atomic E-state index is 13.6. The molecular formula is C31H29N3O6. The SMILES string of the molecule is CCC1(O)C(=O)OCc2c1cc1n(c2=O)Cc2c-1nc1ccccc1c2CCN(C)C(=O)OCc1ccccc1. The van der Waals surface area contributed by atoms with E-state index in [-0.39, 0.29) is 36.3 Å². The van der Waals surface area contributed by atoms with Gasteiger partial charge in [-0.2, -0.15) is 0 Å². The lowest BCUT2D eigenvalue weighted by molar-refractivity contribution is -0.172. The maximum absolute atomic E-state index is 13.6. The number of rotatable bonds is 6. The van der Waals surface area contributed by atoms with Crippen molar-refractivity contribution < 1.29 is 24.2 Å². The summed E-state index contributed by atoms with van der Waals surface area (Å²) in [5.74, 6) is -0.751. The van der Waals surface area contributed by atoms with Crippen LogP contribution in [-0.4, -0.2) is 45.2 Å². The topological polar surface area (TPSA) is 111 Å². The van der Waals surface area contributed by atoms with Crippen molar-refractivity contribution in [1.29, 1.82) is 0 Å². The first-order chi connectivity index (χ1) is 19.3. The molecule has 0 aliphatic carbocycles. The second-order valence-corrected chi connectivity index (χ2v) is 10.2. The minimum atomic E-state index is -1.88. The number of benzene rings is 2. The van der Waals surface area contributed by atoms with Gasteiger partial charge in [0, 0.05) is 30.1 Å². The minimum Gasteiger partial charge on any atom is -0.458 e. The van der Waals surface area contributed by atoms with Crippen molar-refractivity contribution in [3.63, 3.8) is 0 Å². The number of nitrogens with zero attached hydrogens (tertiary/aromatic N) is 3. The van der Waals surface area contributed by atoms with E-state index in [1.165, 1.54) is 0 Å². The lowest BCUT2D eigenvalue weighted by Crippen LogP contribution is -2.44. The second-order valence-electron chi connectivity index (χ2n) is 10.2. The van der Waals surface area contributed by atoms with Crippen LogP contribution < -0.4 is 5.56 Å². The van der Waals surface area contributed by atoms with E-state index >= 15 is 0 Å². The van der Waals surface area contributed by atoms with E-state index in [4.69, 9.17) is 14.5 Å². The second kappa shape index (κ2) is 9.91. The number of carbonyl (C=O) groups is 2. The number of aliphatic hydroxyl groups is 1. The molecule has 9 nitrogen and oxygen atoms in total. The van der Waals surface area contributed by atoms with Crippen LogP contribution in [0.15, 0.2) is 65.5 Å². The van der Waals surface area contributed by atoms with Gasteiger partial charge in [0.25, 0.3) is 5.56 Å². The van der Waals surface area contributed by atoms with Crippen LogP contribution in [0.2, 0.25) is 0 Å². The Balaban J connectivity index is 1.35. The molecule has 0 bridgehead atoms. The number of cyclic esters (lactones) is 1.